The Morgan fingerprint density at radius 3 is 2.88 bits per heavy atom. The van der Waals surface area contributed by atoms with Crippen LogP contribution in [-0.4, -0.2) is 11.2 Å². The summed E-state index contributed by atoms with van der Waals surface area (Å²) in [7, 11) is 3.17. The fraction of sp³-hybridized carbons (Fsp3) is 0.200. The molecule has 0 aromatic carbocycles. The van der Waals surface area contributed by atoms with Gasteiger partial charge in [0.2, 0.25) is 5.91 Å². The van der Waals surface area contributed by atoms with Gasteiger partial charge in [-0.05, 0) is 6.08 Å². The quantitative estimate of drug-likeness (QED) is 0.491. The molecular formula is C5H7BrNO. The topological polar surface area (TPSA) is 29.1 Å². The van der Waals surface area contributed by atoms with Crippen LogP contribution in [0.3, 0.4) is 0 Å². The molecule has 0 aliphatic rings. The first-order valence-corrected chi connectivity index (χ1v) is 3.23. The Hall–Kier alpha value is -0.310. The highest BCUT2D eigenvalue weighted by molar-refractivity contribution is 9.09. The van der Waals surface area contributed by atoms with Crippen molar-refractivity contribution in [2.75, 3.05) is 5.33 Å². The standard InChI is InChI=1S/C5H7BrNO/c1-7-5(8)3-2-4-6/h2-3H,1,4H2,(H,7,8)/b3-2+. The van der Waals surface area contributed by atoms with Gasteiger partial charge in [-0.25, -0.2) is 0 Å². The first kappa shape index (κ1) is 7.69. The lowest BCUT2D eigenvalue weighted by atomic mass is 10.5. The molecule has 0 spiro atoms. The van der Waals surface area contributed by atoms with Gasteiger partial charge in [-0.3, -0.25) is 4.79 Å². The first-order chi connectivity index (χ1) is 3.81. The summed E-state index contributed by atoms with van der Waals surface area (Å²) in [6.07, 6.45) is 3.11. The summed E-state index contributed by atoms with van der Waals surface area (Å²) >= 11 is 3.12. The Morgan fingerprint density at radius 1 is 1.88 bits per heavy atom. The molecule has 1 amide bonds. The Labute approximate surface area is 57.1 Å². The lowest BCUT2D eigenvalue weighted by Gasteiger charge is -1.85. The van der Waals surface area contributed by atoms with Crippen molar-refractivity contribution in [2.24, 2.45) is 0 Å². The Kier molecular flexibility index (Phi) is 4.65. The molecule has 0 aromatic rings. The van der Waals surface area contributed by atoms with Crippen LogP contribution in [0.15, 0.2) is 12.2 Å². The third kappa shape index (κ3) is 3.87. The smallest absolute Gasteiger partial charge is 0.243 e. The molecule has 0 aliphatic heterocycles. The lowest BCUT2D eigenvalue weighted by Crippen LogP contribution is -2.11. The van der Waals surface area contributed by atoms with Crippen molar-refractivity contribution in [2.45, 2.75) is 0 Å². The van der Waals surface area contributed by atoms with Gasteiger partial charge in [0.25, 0.3) is 0 Å². The van der Waals surface area contributed by atoms with Crippen molar-refractivity contribution in [3.63, 3.8) is 0 Å². The van der Waals surface area contributed by atoms with E-state index < -0.39 is 0 Å². The van der Waals surface area contributed by atoms with Gasteiger partial charge in [0.05, 0.1) is 0 Å². The van der Waals surface area contributed by atoms with Crippen molar-refractivity contribution in [3.05, 3.63) is 19.2 Å². The summed E-state index contributed by atoms with van der Waals surface area (Å²) in [6.45, 7) is 0. The summed E-state index contributed by atoms with van der Waals surface area (Å²) in [5.74, 6) is -0.176. The summed E-state index contributed by atoms with van der Waals surface area (Å²) in [4.78, 5) is 10.3. The maximum absolute atomic E-state index is 10.3. The molecule has 1 radical (unpaired) electrons. The van der Waals surface area contributed by atoms with Crippen LogP contribution in [0.5, 0.6) is 0 Å². The molecule has 2 nitrogen and oxygen atoms in total. The fourth-order valence-corrected chi connectivity index (χ4v) is 0.397. The Morgan fingerprint density at radius 2 is 2.50 bits per heavy atom. The van der Waals surface area contributed by atoms with Crippen LogP contribution in [0, 0.1) is 7.05 Å². The number of carbonyl (C=O) groups is 1. The molecule has 0 aliphatic carbocycles. The van der Waals surface area contributed by atoms with Gasteiger partial charge >= 0.3 is 0 Å². The summed E-state index contributed by atoms with van der Waals surface area (Å²) in [5, 5.41) is 2.90. The van der Waals surface area contributed by atoms with Crippen molar-refractivity contribution >= 4 is 21.8 Å². The molecule has 0 aromatic heterocycles. The predicted octanol–water partition coefficient (Wildman–Crippen LogP) is 0.845. The molecule has 1 N–H and O–H groups in total. The monoisotopic (exact) mass is 176 g/mol. The number of allylic oxidation sites excluding steroid dienone is 1. The maximum atomic E-state index is 10.3. The van der Waals surface area contributed by atoms with Crippen LogP contribution in [-0.2, 0) is 4.79 Å². The molecule has 0 fully saturated rings. The van der Waals surface area contributed by atoms with Gasteiger partial charge in [-0.2, -0.15) is 0 Å². The number of amides is 1. The number of halogens is 1. The van der Waals surface area contributed by atoms with Gasteiger partial charge in [0.1, 0.15) is 0 Å². The van der Waals surface area contributed by atoms with Crippen LogP contribution < -0.4 is 5.32 Å². The van der Waals surface area contributed by atoms with Crippen molar-refractivity contribution in [1.82, 2.24) is 5.32 Å². The molecule has 3 heteroatoms. The molecule has 0 bridgehead atoms. The molecule has 8 heavy (non-hydrogen) atoms. The number of rotatable bonds is 2. The van der Waals surface area contributed by atoms with E-state index in [1.165, 1.54) is 6.08 Å². The molecule has 0 saturated heterocycles. The minimum absolute atomic E-state index is 0.176. The zero-order chi connectivity index (χ0) is 6.41. The predicted molar refractivity (Wildman–Crippen MR) is 36.4 cm³/mol. The third-order valence-electron chi connectivity index (χ3n) is 0.533. The van der Waals surface area contributed by atoms with Gasteiger partial charge in [0, 0.05) is 12.4 Å². The van der Waals surface area contributed by atoms with E-state index in [0.717, 1.165) is 0 Å². The zero-order valence-corrected chi connectivity index (χ0v) is 5.94. The molecule has 0 rings (SSSR count). The normalized spacial score (nSPS) is 9.75. The maximum Gasteiger partial charge on any atom is 0.243 e. The third-order valence-corrected chi connectivity index (χ3v) is 0.906. The molecule has 0 saturated carbocycles. The molecular weight excluding hydrogens is 170 g/mol. The van der Waals surface area contributed by atoms with Gasteiger partial charge in [-0.1, -0.05) is 22.0 Å². The van der Waals surface area contributed by atoms with Crippen LogP contribution in [0.1, 0.15) is 0 Å². The second kappa shape index (κ2) is 4.84. The van der Waals surface area contributed by atoms with Gasteiger partial charge < -0.3 is 5.32 Å². The Balaban J connectivity index is 3.37. The van der Waals surface area contributed by atoms with E-state index in [-0.39, 0.29) is 5.91 Å². The molecule has 0 atom stereocenters. The van der Waals surface area contributed by atoms with E-state index in [0.29, 0.717) is 5.33 Å². The van der Waals surface area contributed by atoms with E-state index in [4.69, 9.17) is 0 Å². The SMILES string of the molecule is [CH2]NC(=O)/C=C/CBr. The van der Waals surface area contributed by atoms with Crippen molar-refractivity contribution in [1.29, 1.82) is 0 Å². The zero-order valence-electron chi connectivity index (χ0n) is 4.36. The van der Waals surface area contributed by atoms with Crippen molar-refractivity contribution in [3.8, 4) is 0 Å². The minimum atomic E-state index is -0.176. The van der Waals surface area contributed by atoms with Crippen LogP contribution in [0.25, 0.3) is 0 Å². The summed E-state index contributed by atoms with van der Waals surface area (Å²) in [6, 6.07) is 0. The Bertz CT molecular complexity index is 101. The van der Waals surface area contributed by atoms with Crippen LogP contribution in [0.2, 0.25) is 0 Å². The van der Waals surface area contributed by atoms with Crippen LogP contribution in [0.4, 0.5) is 0 Å². The fourth-order valence-electron chi connectivity index (χ4n) is 0.211. The van der Waals surface area contributed by atoms with E-state index in [1.807, 2.05) is 0 Å². The number of alkyl halides is 1. The number of hydrogen-bond donors (Lipinski definition) is 1. The van der Waals surface area contributed by atoms with Crippen molar-refractivity contribution < 1.29 is 4.79 Å². The average molecular weight is 177 g/mol. The number of hydrogen-bond acceptors (Lipinski definition) is 1. The summed E-state index contributed by atoms with van der Waals surface area (Å²) in [5.41, 5.74) is 0. The highest BCUT2D eigenvalue weighted by Crippen LogP contribution is 1.80. The highest BCUT2D eigenvalue weighted by Gasteiger charge is 1.83. The second-order valence-corrected chi connectivity index (χ2v) is 1.75. The van der Waals surface area contributed by atoms with E-state index in [9.17, 15) is 4.79 Å². The highest BCUT2D eigenvalue weighted by atomic mass is 79.9. The first-order valence-electron chi connectivity index (χ1n) is 2.11. The number of carbonyl (C=O) groups excluding carboxylic acids is 1. The van der Waals surface area contributed by atoms with Gasteiger partial charge in [-0.15, -0.1) is 0 Å². The molecule has 45 valence electrons. The van der Waals surface area contributed by atoms with E-state index in [1.54, 1.807) is 6.08 Å². The molecule has 0 heterocycles. The second-order valence-electron chi connectivity index (χ2n) is 1.10. The average Bonchev–Trinajstić information content (AvgIpc) is 1.83. The van der Waals surface area contributed by atoms with Crippen LogP contribution >= 0.6 is 15.9 Å². The van der Waals surface area contributed by atoms with E-state index in [2.05, 4.69) is 28.3 Å². The minimum Gasteiger partial charge on any atom is -0.351 e. The molecule has 0 unspecified atom stereocenters. The lowest BCUT2D eigenvalue weighted by molar-refractivity contribution is -0.115. The summed E-state index contributed by atoms with van der Waals surface area (Å²) < 4.78 is 0. The largest absolute Gasteiger partial charge is 0.351 e. The van der Waals surface area contributed by atoms with Gasteiger partial charge in [0.15, 0.2) is 0 Å². The van der Waals surface area contributed by atoms with E-state index >= 15 is 0 Å². The number of nitrogens with one attached hydrogen (secondary N) is 1.